The van der Waals surface area contributed by atoms with Gasteiger partial charge in [-0.1, -0.05) is 30.6 Å². The molecule has 0 radical (unpaired) electrons. The van der Waals surface area contributed by atoms with Gasteiger partial charge in [0.15, 0.2) is 0 Å². The monoisotopic (exact) mass is 249 g/mol. The van der Waals surface area contributed by atoms with Gasteiger partial charge in [0.1, 0.15) is 12.9 Å². The molecule has 0 N–H and O–H groups in total. The maximum Gasteiger partial charge on any atom is 0.311 e. The molecule has 0 aromatic heterocycles. The van der Waals surface area contributed by atoms with E-state index in [0.717, 1.165) is 18.4 Å². The number of unbranched alkanes of at least 4 members (excludes halogenated alkanes) is 1. The fourth-order valence-electron chi connectivity index (χ4n) is 1.54. The van der Waals surface area contributed by atoms with Crippen LogP contribution in [-0.4, -0.2) is 18.8 Å². The van der Waals surface area contributed by atoms with E-state index in [2.05, 4.69) is 5.16 Å². The summed E-state index contributed by atoms with van der Waals surface area (Å²) in [4.78, 5) is 16.3. The Morgan fingerprint density at radius 1 is 1.33 bits per heavy atom. The Morgan fingerprint density at radius 2 is 2.06 bits per heavy atom. The van der Waals surface area contributed by atoms with E-state index in [1.165, 1.54) is 7.11 Å². The van der Waals surface area contributed by atoms with Crippen molar-refractivity contribution in [1.82, 2.24) is 0 Å². The van der Waals surface area contributed by atoms with Crippen LogP contribution in [0.25, 0.3) is 0 Å². The number of carbonyl (C=O) groups excluding carboxylic acids is 1. The van der Waals surface area contributed by atoms with Crippen molar-refractivity contribution in [2.45, 2.75) is 33.1 Å². The van der Waals surface area contributed by atoms with Gasteiger partial charge in [0.05, 0.1) is 5.71 Å². The maximum atomic E-state index is 11.6. The molecule has 4 nitrogen and oxygen atoms in total. The SMILES string of the molecule is CCCCC(=O)Oc1ccccc1/C(C)=N/OC. The first-order valence-corrected chi connectivity index (χ1v) is 6.06. The minimum atomic E-state index is -0.213. The largest absolute Gasteiger partial charge is 0.426 e. The third-order valence-corrected chi connectivity index (χ3v) is 2.46. The lowest BCUT2D eigenvalue weighted by Crippen LogP contribution is -2.10. The van der Waals surface area contributed by atoms with Gasteiger partial charge in [0.25, 0.3) is 0 Å². The Balaban J connectivity index is 2.82. The number of benzene rings is 1. The van der Waals surface area contributed by atoms with Crippen molar-refractivity contribution >= 4 is 11.7 Å². The van der Waals surface area contributed by atoms with Crippen molar-refractivity contribution < 1.29 is 14.4 Å². The highest BCUT2D eigenvalue weighted by atomic mass is 16.6. The normalized spacial score (nSPS) is 11.2. The number of carbonyl (C=O) groups is 1. The zero-order valence-corrected chi connectivity index (χ0v) is 11.1. The average molecular weight is 249 g/mol. The molecular weight excluding hydrogens is 230 g/mol. The Morgan fingerprint density at radius 3 is 2.72 bits per heavy atom. The van der Waals surface area contributed by atoms with Crippen molar-refractivity contribution in [2.75, 3.05) is 7.11 Å². The molecule has 0 aliphatic carbocycles. The molecule has 0 saturated carbocycles. The lowest BCUT2D eigenvalue weighted by atomic mass is 10.1. The van der Waals surface area contributed by atoms with Gasteiger partial charge in [-0.2, -0.15) is 0 Å². The molecule has 0 spiro atoms. The second-order valence-electron chi connectivity index (χ2n) is 3.93. The average Bonchev–Trinajstić information content (AvgIpc) is 2.37. The van der Waals surface area contributed by atoms with Crippen LogP contribution >= 0.6 is 0 Å². The summed E-state index contributed by atoms with van der Waals surface area (Å²) in [5.74, 6) is 0.311. The molecule has 0 amide bonds. The van der Waals surface area contributed by atoms with E-state index in [0.29, 0.717) is 17.9 Å². The number of para-hydroxylation sites is 1. The van der Waals surface area contributed by atoms with E-state index in [1.54, 1.807) is 6.07 Å². The molecule has 0 atom stereocenters. The van der Waals surface area contributed by atoms with Crippen LogP contribution in [0.1, 0.15) is 38.7 Å². The first-order valence-electron chi connectivity index (χ1n) is 6.06. The molecule has 1 aromatic rings. The minimum absolute atomic E-state index is 0.213. The van der Waals surface area contributed by atoms with Gasteiger partial charge in [0, 0.05) is 12.0 Å². The van der Waals surface area contributed by atoms with Gasteiger partial charge in [0.2, 0.25) is 0 Å². The quantitative estimate of drug-likeness (QED) is 0.337. The molecule has 0 aliphatic rings. The lowest BCUT2D eigenvalue weighted by Gasteiger charge is -2.09. The zero-order chi connectivity index (χ0) is 13.4. The predicted molar refractivity (Wildman–Crippen MR) is 70.8 cm³/mol. The second kappa shape index (κ2) is 7.48. The number of hydrogen-bond acceptors (Lipinski definition) is 4. The van der Waals surface area contributed by atoms with Gasteiger partial charge in [-0.15, -0.1) is 0 Å². The molecular formula is C14H19NO3. The summed E-state index contributed by atoms with van der Waals surface area (Å²) in [7, 11) is 1.49. The number of oxime groups is 1. The molecule has 0 heterocycles. The number of esters is 1. The number of ether oxygens (including phenoxy) is 1. The third-order valence-electron chi connectivity index (χ3n) is 2.46. The first-order chi connectivity index (χ1) is 8.69. The fraction of sp³-hybridized carbons (Fsp3) is 0.429. The van der Waals surface area contributed by atoms with E-state index in [-0.39, 0.29) is 5.97 Å². The summed E-state index contributed by atoms with van der Waals surface area (Å²) in [5, 5.41) is 3.85. The Labute approximate surface area is 108 Å². The minimum Gasteiger partial charge on any atom is -0.426 e. The van der Waals surface area contributed by atoms with Gasteiger partial charge < -0.3 is 9.57 Å². The van der Waals surface area contributed by atoms with Crippen LogP contribution in [0.5, 0.6) is 5.75 Å². The van der Waals surface area contributed by atoms with Crippen LogP contribution in [0.4, 0.5) is 0 Å². The molecule has 18 heavy (non-hydrogen) atoms. The molecule has 1 aromatic carbocycles. The van der Waals surface area contributed by atoms with Gasteiger partial charge in [-0.05, 0) is 25.5 Å². The van der Waals surface area contributed by atoms with E-state index >= 15 is 0 Å². The topological polar surface area (TPSA) is 47.9 Å². The summed E-state index contributed by atoms with van der Waals surface area (Å²) in [5.41, 5.74) is 1.44. The van der Waals surface area contributed by atoms with E-state index in [1.807, 2.05) is 32.0 Å². The van der Waals surface area contributed by atoms with E-state index < -0.39 is 0 Å². The Kier molecular flexibility index (Phi) is 5.91. The highest BCUT2D eigenvalue weighted by Gasteiger charge is 2.10. The van der Waals surface area contributed by atoms with Crippen molar-refractivity contribution in [3.05, 3.63) is 29.8 Å². The molecule has 98 valence electrons. The summed E-state index contributed by atoms with van der Waals surface area (Å²) in [6, 6.07) is 7.30. The van der Waals surface area contributed by atoms with Gasteiger partial charge in [-0.3, -0.25) is 4.79 Å². The van der Waals surface area contributed by atoms with Crippen LogP contribution in [0.3, 0.4) is 0 Å². The summed E-state index contributed by atoms with van der Waals surface area (Å²) in [6.07, 6.45) is 2.25. The summed E-state index contributed by atoms with van der Waals surface area (Å²) >= 11 is 0. The number of nitrogens with zero attached hydrogens (tertiary/aromatic N) is 1. The number of hydrogen-bond donors (Lipinski definition) is 0. The second-order valence-corrected chi connectivity index (χ2v) is 3.93. The molecule has 0 aliphatic heterocycles. The van der Waals surface area contributed by atoms with Gasteiger partial charge >= 0.3 is 5.97 Å². The fourth-order valence-corrected chi connectivity index (χ4v) is 1.54. The Bertz CT molecular complexity index is 427. The highest BCUT2D eigenvalue weighted by molar-refractivity contribution is 6.01. The van der Waals surface area contributed by atoms with Crippen molar-refractivity contribution in [3.8, 4) is 5.75 Å². The molecule has 0 unspecified atom stereocenters. The Hall–Kier alpha value is -1.84. The van der Waals surface area contributed by atoms with E-state index in [9.17, 15) is 4.79 Å². The van der Waals surface area contributed by atoms with Crippen molar-refractivity contribution in [1.29, 1.82) is 0 Å². The lowest BCUT2D eigenvalue weighted by molar-refractivity contribution is -0.134. The summed E-state index contributed by atoms with van der Waals surface area (Å²) < 4.78 is 5.34. The van der Waals surface area contributed by atoms with Crippen LogP contribution in [-0.2, 0) is 9.63 Å². The summed E-state index contributed by atoms with van der Waals surface area (Å²) in [6.45, 7) is 3.85. The first kappa shape index (κ1) is 14.2. The van der Waals surface area contributed by atoms with E-state index in [4.69, 9.17) is 9.57 Å². The molecule has 0 bridgehead atoms. The van der Waals surface area contributed by atoms with Crippen LogP contribution in [0.2, 0.25) is 0 Å². The zero-order valence-electron chi connectivity index (χ0n) is 11.1. The highest BCUT2D eigenvalue weighted by Crippen LogP contribution is 2.19. The standard InChI is InChI=1S/C14H19NO3/c1-4-5-10-14(16)18-13-9-7-6-8-12(13)11(2)15-17-3/h6-9H,4-5,10H2,1-3H3/b15-11+. The van der Waals surface area contributed by atoms with Crippen LogP contribution < -0.4 is 4.74 Å². The molecule has 0 saturated heterocycles. The smallest absolute Gasteiger partial charge is 0.311 e. The predicted octanol–water partition coefficient (Wildman–Crippen LogP) is 3.15. The van der Waals surface area contributed by atoms with Crippen molar-refractivity contribution in [3.63, 3.8) is 0 Å². The molecule has 0 fully saturated rings. The van der Waals surface area contributed by atoms with Crippen LogP contribution in [0, 0.1) is 0 Å². The van der Waals surface area contributed by atoms with Crippen molar-refractivity contribution in [2.24, 2.45) is 5.16 Å². The van der Waals surface area contributed by atoms with Crippen LogP contribution in [0.15, 0.2) is 29.4 Å². The molecule has 4 heteroatoms. The van der Waals surface area contributed by atoms with Gasteiger partial charge in [-0.25, -0.2) is 0 Å². The molecule has 1 rings (SSSR count). The number of rotatable bonds is 6. The maximum absolute atomic E-state index is 11.6. The third kappa shape index (κ3) is 4.20.